The predicted molar refractivity (Wildman–Crippen MR) is 75.3 cm³/mol. The molecule has 1 aliphatic rings. The fourth-order valence-electron chi connectivity index (χ4n) is 3.08. The highest BCUT2D eigenvalue weighted by atomic mass is 19.1. The largest absolute Gasteiger partial charge is 0.494 e. The monoisotopic (exact) mass is 272 g/mol. The van der Waals surface area contributed by atoms with Gasteiger partial charge in [0, 0.05) is 5.56 Å². The standard InChI is InChI=1S/C17H17FO2/c1-20-15-10-4-9-14(16(15)18)17(19)11-5-7-12-6-2-3-8-13(12)17/h2-4,6,8-10,19H,5,7,11H2,1H3. The first-order valence-electron chi connectivity index (χ1n) is 6.80. The zero-order valence-corrected chi connectivity index (χ0v) is 11.4. The fourth-order valence-corrected chi connectivity index (χ4v) is 3.08. The summed E-state index contributed by atoms with van der Waals surface area (Å²) in [5.41, 5.74) is 0.916. The highest BCUT2D eigenvalue weighted by Crippen LogP contribution is 2.42. The molecule has 0 amide bonds. The van der Waals surface area contributed by atoms with Crippen LogP contribution in [0.25, 0.3) is 0 Å². The summed E-state index contributed by atoms with van der Waals surface area (Å²) in [5.74, 6) is -0.312. The molecule has 20 heavy (non-hydrogen) atoms. The average molecular weight is 272 g/mol. The number of ether oxygens (including phenoxy) is 1. The van der Waals surface area contributed by atoms with Crippen LogP contribution in [0.1, 0.15) is 29.5 Å². The van der Waals surface area contributed by atoms with Crippen LogP contribution < -0.4 is 4.74 Å². The molecule has 0 fully saturated rings. The van der Waals surface area contributed by atoms with Crippen LogP contribution in [0.5, 0.6) is 5.75 Å². The SMILES string of the molecule is COc1cccc(C2(O)CCCc3ccccc32)c1F. The van der Waals surface area contributed by atoms with E-state index in [1.807, 2.05) is 24.3 Å². The van der Waals surface area contributed by atoms with Crippen molar-refractivity contribution >= 4 is 0 Å². The first-order valence-corrected chi connectivity index (χ1v) is 6.80. The molecule has 3 heteroatoms. The number of hydrogen-bond acceptors (Lipinski definition) is 2. The summed E-state index contributed by atoms with van der Waals surface area (Å²) in [6.45, 7) is 0. The van der Waals surface area contributed by atoms with Crippen molar-refractivity contribution in [3.05, 3.63) is 65.0 Å². The van der Waals surface area contributed by atoms with Gasteiger partial charge in [-0.1, -0.05) is 36.4 Å². The maximum Gasteiger partial charge on any atom is 0.171 e. The maximum absolute atomic E-state index is 14.5. The molecular weight excluding hydrogens is 255 g/mol. The smallest absolute Gasteiger partial charge is 0.171 e. The minimum atomic E-state index is -1.27. The highest BCUT2D eigenvalue weighted by molar-refractivity contribution is 5.45. The molecule has 104 valence electrons. The number of benzene rings is 2. The van der Waals surface area contributed by atoms with Gasteiger partial charge in [-0.15, -0.1) is 0 Å². The molecule has 0 saturated carbocycles. The van der Waals surface area contributed by atoms with Crippen molar-refractivity contribution in [1.82, 2.24) is 0 Å². The van der Waals surface area contributed by atoms with E-state index in [0.717, 1.165) is 24.0 Å². The minimum Gasteiger partial charge on any atom is -0.494 e. The first-order chi connectivity index (χ1) is 9.66. The van der Waals surface area contributed by atoms with E-state index in [0.29, 0.717) is 12.0 Å². The summed E-state index contributed by atoms with van der Waals surface area (Å²) < 4.78 is 19.5. The molecule has 1 unspecified atom stereocenters. The molecule has 2 aromatic rings. The van der Waals surface area contributed by atoms with Crippen LogP contribution in [0.15, 0.2) is 42.5 Å². The normalized spacial score (nSPS) is 21.4. The second-order valence-corrected chi connectivity index (χ2v) is 5.19. The lowest BCUT2D eigenvalue weighted by Gasteiger charge is -2.35. The number of aliphatic hydroxyl groups is 1. The van der Waals surface area contributed by atoms with Gasteiger partial charge in [0.25, 0.3) is 0 Å². The van der Waals surface area contributed by atoms with Crippen molar-refractivity contribution in [3.63, 3.8) is 0 Å². The lowest BCUT2D eigenvalue weighted by Crippen LogP contribution is -2.33. The van der Waals surface area contributed by atoms with Gasteiger partial charge >= 0.3 is 0 Å². The number of rotatable bonds is 2. The molecular formula is C17H17FO2. The fraction of sp³-hybridized carbons (Fsp3) is 0.294. The second-order valence-electron chi connectivity index (χ2n) is 5.19. The van der Waals surface area contributed by atoms with Crippen LogP contribution in [-0.4, -0.2) is 12.2 Å². The number of halogens is 1. The number of methoxy groups -OCH3 is 1. The lowest BCUT2D eigenvalue weighted by molar-refractivity contribution is 0.0573. The van der Waals surface area contributed by atoms with Crippen LogP contribution in [-0.2, 0) is 12.0 Å². The third-order valence-corrected chi connectivity index (χ3v) is 4.08. The Morgan fingerprint density at radius 1 is 1.10 bits per heavy atom. The van der Waals surface area contributed by atoms with Gasteiger partial charge in [0.1, 0.15) is 5.60 Å². The molecule has 2 nitrogen and oxygen atoms in total. The molecule has 1 atom stereocenters. The second kappa shape index (κ2) is 4.91. The molecule has 0 bridgehead atoms. The van der Waals surface area contributed by atoms with Gasteiger partial charge in [0.15, 0.2) is 11.6 Å². The first kappa shape index (κ1) is 13.1. The molecule has 0 radical (unpaired) electrons. The van der Waals surface area contributed by atoms with E-state index in [2.05, 4.69) is 0 Å². The van der Waals surface area contributed by atoms with Crippen molar-refractivity contribution in [3.8, 4) is 5.75 Å². The molecule has 0 spiro atoms. The topological polar surface area (TPSA) is 29.5 Å². The molecule has 0 heterocycles. The van der Waals surface area contributed by atoms with Crippen LogP contribution >= 0.6 is 0 Å². The summed E-state index contributed by atoms with van der Waals surface area (Å²) in [7, 11) is 1.43. The number of fused-ring (bicyclic) bond motifs is 1. The Hall–Kier alpha value is -1.87. The third kappa shape index (κ3) is 1.90. The zero-order chi connectivity index (χ0) is 14.2. The van der Waals surface area contributed by atoms with Gasteiger partial charge < -0.3 is 9.84 Å². The Labute approximate surface area is 117 Å². The van der Waals surface area contributed by atoms with Gasteiger partial charge in [-0.2, -0.15) is 0 Å². The van der Waals surface area contributed by atoms with Gasteiger partial charge in [-0.3, -0.25) is 0 Å². The molecule has 0 aromatic heterocycles. The molecule has 3 rings (SSSR count). The van der Waals surface area contributed by atoms with E-state index in [-0.39, 0.29) is 5.75 Å². The van der Waals surface area contributed by atoms with Crippen LogP contribution in [0.4, 0.5) is 4.39 Å². The Balaban J connectivity index is 2.19. The molecule has 1 aliphatic carbocycles. The highest BCUT2D eigenvalue weighted by Gasteiger charge is 2.38. The van der Waals surface area contributed by atoms with Crippen molar-refractivity contribution < 1.29 is 14.2 Å². The van der Waals surface area contributed by atoms with Crippen molar-refractivity contribution in [2.45, 2.75) is 24.9 Å². The summed E-state index contributed by atoms with van der Waals surface area (Å²) in [4.78, 5) is 0. The van der Waals surface area contributed by atoms with E-state index in [9.17, 15) is 9.50 Å². The van der Waals surface area contributed by atoms with E-state index >= 15 is 0 Å². The zero-order valence-electron chi connectivity index (χ0n) is 11.4. The Morgan fingerprint density at radius 2 is 1.85 bits per heavy atom. The Morgan fingerprint density at radius 3 is 2.65 bits per heavy atom. The predicted octanol–water partition coefficient (Wildman–Crippen LogP) is 3.41. The quantitative estimate of drug-likeness (QED) is 0.908. The van der Waals surface area contributed by atoms with E-state index in [4.69, 9.17) is 4.74 Å². The van der Waals surface area contributed by atoms with Crippen molar-refractivity contribution in [2.24, 2.45) is 0 Å². The van der Waals surface area contributed by atoms with E-state index in [1.165, 1.54) is 7.11 Å². The molecule has 0 saturated heterocycles. The van der Waals surface area contributed by atoms with Crippen molar-refractivity contribution in [2.75, 3.05) is 7.11 Å². The molecule has 0 aliphatic heterocycles. The van der Waals surface area contributed by atoms with Gasteiger partial charge in [0.05, 0.1) is 7.11 Å². The Kier molecular flexibility index (Phi) is 3.22. The lowest BCUT2D eigenvalue weighted by atomic mass is 9.75. The van der Waals surface area contributed by atoms with E-state index < -0.39 is 11.4 Å². The Bertz CT molecular complexity index is 639. The van der Waals surface area contributed by atoms with Crippen LogP contribution in [0.2, 0.25) is 0 Å². The number of aryl methyl sites for hydroxylation is 1. The van der Waals surface area contributed by atoms with Crippen molar-refractivity contribution in [1.29, 1.82) is 0 Å². The average Bonchev–Trinajstić information content (AvgIpc) is 2.48. The van der Waals surface area contributed by atoms with E-state index in [1.54, 1.807) is 18.2 Å². The molecule has 2 aromatic carbocycles. The minimum absolute atomic E-state index is 0.166. The van der Waals surface area contributed by atoms with Crippen LogP contribution in [0.3, 0.4) is 0 Å². The summed E-state index contributed by atoms with van der Waals surface area (Å²) in [6.07, 6.45) is 2.28. The summed E-state index contributed by atoms with van der Waals surface area (Å²) in [6, 6.07) is 12.6. The maximum atomic E-state index is 14.5. The van der Waals surface area contributed by atoms with Gasteiger partial charge in [-0.05, 0) is 36.5 Å². The van der Waals surface area contributed by atoms with Gasteiger partial charge in [0.2, 0.25) is 0 Å². The summed E-state index contributed by atoms with van der Waals surface area (Å²) >= 11 is 0. The van der Waals surface area contributed by atoms with Gasteiger partial charge in [-0.25, -0.2) is 4.39 Å². The summed E-state index contributed by atoms with van der Waals surface area (Å²) in [5, 5.41) is 11.1. The molecule has 1 N–H and O–H groups in total. The third-order valence-electron chi connectivity index (χ3n) is 4.08. The van der Waals surface area contributed by atoms with Crippen LogP contribution in [0, 0.1) is 5.82 Å². The number of hydrogen-bond donors (Lipinski definition) is 1.